The molecule has 0 spiro atoms. The summed E-state index contributed by atoms with van der Waals surface area (Å²) in [5, 5.41) is 11.1. The van der Waals surface area contributed by atoms with Crippen LogP contribution in [-0.4, -0.2) is 29.3 Å². The van der Waals surface area contributed by atoms with E-state index in [2.05, 4.69) is 17.9 Å². The molecule has 0 bridgehead atoms. The zero-order valence-corrected chi connectivity index (χ0v) is 9.06. The van der Waals surface area contributed by atoms with Gasteiger partial charge in [0.2, 0.25) is 5.91 Å². The predicted molar refractivity (Wildman–Crippen MR) is 57.6 cm³/mol. The third-order valence-corrected chi connectivity index (χ3v) is 1.95. The highest BCUT2D eigenvalue weighted by atomic mass is 32.1. The van der Waals surface area contributed by atoms with Crippen LogP contribution in [0.3, 0.4) is 0 Å². The number of carboxylic acids is 1. The molecule has 5 heteroatoms. The number of carbonyl (C=O) groups excluding carboxylic acids is 1. The fraction of sp³-hybridized carbons (Fsp3) is 0.778. The third-order valence-electron chi connectivity index (χ3n) is 1.73. The summed E-state index contributed by atoms with van der Waals surface area (Å²) >= 11 is 3.93. The fourth-order valence-electron chi connectivity index (χ4n) is 0.996. The Hall–Kier alpha value is -0.710. The van der Waals surface area contributed by atoms with Gasteiger partial charge >= 0.3 is 5.97 Å². The van der Waals surface area contributed by atoms with Crippen molar-refractivity contribution in [3.05, 3.63) is 0 Å². The lowest BCUT2D eigenvalue weighted by molar-refractivity contribution is -0.137. The number of amides is 1. The van der Waals surface area contributed by atoms with E-state index in [1.165, 1.54) is 0 Å². The van der Waals surface area contributed by atoms with E-state index < -0.39 is 5.97 Å². The van der Waals surface area contributed by atoms with Crippen molar-refractivity contribution in [2.24, 2.45) is 0 Å². The number of thiol groups is 1. The lowest BCUT2D eigenvalue weighted by atomic mass is 10.2. The van der Waals surface area contributed by atoms with Crippen molar-refractivity contribution >= 4 is 24.5 Å². The number of unbranched alkanes of at least 4 members (excludes halogenated alkanes) is 2. The van der Waals surface area contributed by atoms with Gasteiger partial charge in [-0.3, -0.25) is 9.59 Å². The van der Waals surface area contributed by atoms with Crippen LogP contribution in [0.5, 0.6) is 0 Å². The summed E-state index contributed by atoms with van der Waals surface area (Å²) in [6, 6.07) is 0. The van der Waals surface area contributed by atoms with Crippen LogP contribution < -0.4 is 5.32 Å². The molecule has 0 aromatic heterocycles. The standard InChI is InChI=1S/C9H17NO3S/c11-8(5-7-14)10-6-3-1-2-4-9(12)13/h14H,1-7H2,(H,10,11)(H,12,13). The Bertz CT molecular complexity index is 185. The van der Waals surface area contributed by atoms with Crippen LogP contribution in [0, 0.1) is 0 Å². The minimum absolute atomic E-state index is 0.0123. The number of hydrogen-bond acceptors (Lipinski definition) is 3. The Kier molecular flexibility index (Phi) is 8.42. The molecule has 1 amide bonds. The maximum Gasteiger partial charge on any atom is 0.303 e. The average molecular weight is 219 g/mol. The Balaban J connectivity index is 3.13. The van der Waals surface area contributed by atoms with Gasteiger partial charge in [0, 0.05) is 19.4 Å². The van der Waals surface area contributed by atoms with E-state index in [9.17, 15) is 9.59 Å². The summed E-state index contributed by atoms with van der Waals surface area (Å²) in [6.45, 7) is 0.631. The van der Waals surface area contributed by atoms with Gasteiger partial charge in [-0.05, 0) is 18.6 Å². The molecule has 0 atom stereocenters. The largest absolute Gasteiger partial charge is 0.481 e. The summed E-state index contributed by atoms with van der Waals surface area (Å²) in [6.07, 6.45) is 3.01. The lowest BCUT2D eigenvalue weighted by Gasteiger charge is -2.02. The molecule has 0 aromatic rings. The SMILES string of the molecule is O=C(O)CCCCCNC(=O)CCS. The van der Waals surface area contributed by atoms with Gasteiger partial charge < -0.3 is 10.4 Å². The van der Waals surface area contributed by atoms with Gasteiger partial charge in [-0.1, -0.05) is 6.42 Å². The van der Waals surface area contributed by atoms with Crippen LogP contribution in [0.1, 0.15) is 32.1 Å². The van der Waals surface area contributed by atoms with E-state index >= 15 is 0 Å². The second-order valence-corrected chi connectivity index (χ2v) is 3.48. The smallest absolute Gasteiger partial charge is 0.303 e. The molecular weight excluding hydrogens is 202 g/mol. The highest BCUT2D eigenvalue weighted by Crippen LogP contribution is 1.98. The normalized spacial score (nSPS) is 9.79. The molecule has 0 unspecified atom stereocenters. The van der Waals surface area contributed by atoms with E-state index in [0.29, 0.717) is 25.1 Å². The molecular formula is C9H17NO3S. The Morgan fingerprint density at radius 1 is 1.14 bits per heavy atom. The summed E-state index contributed by atoms with van der Waals surface area (Å²) in [4.78, 5) is 21.1. The van der Waals surface area contributed by atoms with Crippen LogP contribution in [0.15, 0.2) is 0 Å². The molecule has 14 heavy (non-hydrogen) atoms. The fourth-order valence-corrected chi connectivity index (χ4v) is 1.20. The number of hydrogen-bond donors (Lipinski definition) is 3. The van der Waals surface area contributed by atoms with Crippen molar-refractivity contribution in [2.45, 2.75) is 32.1 Å². The van der Waals surface area contributed by atoms with E-state index in [4.69, 9.17) is 5.11 Å². The van der Waals surface area contributed by atoms with Crippen molar-refractivity contribution in [1.82, 2.24) is 5.32 Å². The van der Waals surface area contributed by atoms with Gasteiger partial charge in [0.25, 0.3) is 0 Å². The van der Waals surface area contributed by atoms with Crippen molar-refractivity contribution in [2.75, 3.05) is 12.3 Å². The second-order valence-electron chi connectivity index (χ2n) is 3.03. The number of nitrogens with one attached hydrogen (secondary N) is 1. The zero-order chi connectivity index (χ0) is 10.8. The van der Waals surface area contributed by atoms with Gasteiger partial charge in [-0.25, -0.2) is 0 Å². The molecule has 0 aliphatic heterocycles. The number of rotatable bonds is 8. The Morgan fingerprint density at radius 2 is 1.86 bits per heavy atom. The van der Waals surface area contributed by atoms with Crippen LogP contribution in [0.25, 0.3) is 0 Å². The molecule has 0 fully saturated rings. The first kappa shape index (κ1) is 13.3. The summed E-state index contributed by atoms with van der Waals surface area (Å²) in [5.41, 5.74) is 0. The summed E-state index contributed by atoms with van der Waals surface area (Å²) in [7, 11) is 0. The minimum atomic E-state index is -0.760. The van der Waals surface area contributed by atoms with E-state index in [1.807, 2.05) is 0 Å². The number of carboxylic acid groups (broad SMARTS) is 1. The van der Waals surface area contributed by atoms with E-state index in [1.54, 1.807) is 0 Å². The van der Waals surface area contributed by atoms with Gasteiger partial charge in [0.1, 0.15) is 0 Å². The van der Waals surface area contributed by atoms with Gasteiger partial charge in [0.05, 0.1) is 0 Å². The van der Waals surface area contributed by atoms with Gasteiger partial charge in [-0.2, -0.15) is 12.6 Å². The predicted octanol–water partition coefficient (Wildman–Crippen LogP) is 1.07. The minimum Gasteiger partial charge on any atom is -0.481 e. The van der Waals surface area contributed by atoms with Gasteiger partial charge in [0.15, 0.2) is 0 Å². The molecule has 0 heterocycles. The average Bonchev–Trinajstić information content (AvgIpc) is 2.11. The van der Waals surface area contributed by atoms with Crippen LogP contribution in [-0.2, 0) is 9.59 Å². The topological polar surface area (TPSA) is 66.4 Å². The third kappa shape index (κ3) is 9.38. The maximum absolute atomic E-state index is 10.9. The van der Waals surface area contributed by atoms with Crippen LogP contribution in [0.2, 0.25) is 0 Å². The van der Waals surface area contributed by atoms with Crippen molar-refractivity contribution in [3.8, 4) is 0 Å². The molecule has 0 rings (SSSR count). The first-order valence-electron chi connectivity index (χ1n) is 4.76. The van der Waals surface area contributed by atoms with Crippen LogP contribution >= 0.6 is 12.6 Å². The second kappa shape index (κ2) is 8.87. The van der Waals surface area contributed by atoms with Crippen molar-refractivity contribution in [3.63, 3.8) is 0 Å². The molecule has 0 saturated heterocycles. The molecule has 4 nitrogen and oxygen atoms in total. The summed E-state index contributed by atoms with van der Waals surface area (Å²) in [5.74, 6) is -0.187. The Morgan fingerprint density at radius 3 is 2.43 bits per heavy atom. The molecule has 2 N–H and O–H groups in total. The van der Waals surface area contributed by atoms with E-state index in [0.717, 1.165) is 12.8 Å². The quantitative estimate of drug-likeness (QED) is 0.422. The molecule has 0 aromatic carbocycles. The Labute approximate surface area is 89.5 Å². The van der Waals surface area contributed by atoms with Crippen molar-refractivity contribution in [1.29, 1.82) is 0 Å². The first-order chi connectivity index (χ1) is 6.66. The number of carbonyl (C=O) groups is 2. The molecule has 0 aliphatic carbocycles. The highest BCUT2D eigenvalue weighted by molar-refractivity contribution is 7.80. The lowest BCUT2D eigenvalue weighted by Crippen LogP contribution is -2.24. The molecule has 0 aliphatic rings. The van der Waals surface area contributed by atoms with Crippen LogP contribution in [0.4, 0.5) is 0 Å². The highest BCUT2D eigenvalue weighted by Gasteiger charge is 1.99. The first-order valence-corrected chi connectivity index (χ1v) is 5.39. The molecule has 0 radical (unpaired) electrons. The zero-order valence-electron chi connectivity index (χ0n) is 8.16. The monoisotopic (exact) mass is 219 g/mol. The molecule has 82 valence electrons. The van der Waals surface area contributed by atoms with Crippen molar-refractivity contribution < 1.29 is 14.7 Å². The van der Waals surface area contributed by atoms with Gasteiger partial charge in [-0.15, -0.1) is 0 Å². The molecule has 0 saturated carbocycles. The summed E-state index contributed by atoms with van der Waals surface area (Å²) < 4.78 is 0. The number of aliphatic carboxylic acids is 1. The maximum atomic E-state index is 10.9. The van der Waals surface area contributed by atoms with E-state index in [-0.39, 0.29) is 12.3 Å².